The van der Waals surface area contributed by atoms with E-state index in [1.807, 2.05) is 32.9 Å². The van der Waals surface area contributed by atoms with Gasteiger partial charge in [-0.25, -0.2) is 15.6 Å². The van der Waals surface area contributed by atoms with Gasteiger partial charge in [0.15, 0.2) is 6.04 Å². The summed E-state index contributed by atoms with van der Waals surface area (Å²) in [4.78, 5) is 33.9. The highest BCUT2D eigenvalue weighted by Gasteiger charge is 2.32. The van der Waals surface area contributed by atoms with E-state index in [0.717, 1.165) is 22.2 Å². The summed E-state index contributed by atoms with van der Waals surface area (Å²) < 4.78 is 0. The van der Waals surface area contributed by atoms with Gasteiger partial charge in [0.1, 0.15) is 0 Å². The molecule has 0 radical (unpaired) electrons. The molecule has 2 heterocycles. The van der Waals surface area contributed by atoms with Crippen molar-refractivity contribution in [3.63, 3.8) is 0 Å². The van der Waals surface area contributed by atoms with Crippen molar-refractivity contribution in [1.82, 2.24) is 15.3 Å². The van der Waals surface area contributed by atoms with E-state index < -0.39 is 24.3 Å². The van der Waals surface area contributed by atoms with Gasteiger partial charge >= 0.3 is 11.9 Å². The first kappa shape index (κ1) is 15.9. The minimum atomic E-state index is -1.30. The predicted molar refractivity (Wildman–Crippen MR) is 84.9 cm³/mol. The number of aryl methyl sites for hydroxylation is 3. The van der Waals surface area contributed by atoms with Gasteiger partial charge in [-0.1, -0.05) is 0 Å². The monoisotopic (exact) mass is 327 g/mol. The molecule has 0 unspecified atom stereocenters. The summed E-state index contributed by atoms with van der Waals surface area (Å²) in [6.45, 7) is 5.93. The Bertz CT molecular complexity index is 891. The van der Waals surface area contributed by atoms with Gasteiger partial charge in [-0.3, -0.25) is 9.79 Å². The Morgan fingerprint density at radius 1 is 1.29 bits per heavy atom. The Kier molecular flexibility index (Phi) is 3.88. The van der Waals surface area contributed by atoms with E-state index in [1.54, 1.807) is 0 Å². The number of nitrogens with zero attached hydrogens (tertiary/aromatic N) is 2. The third kappa shape index (κ3) is 3.03. The van der Waals surface area contributed by atoms with Crippen LogP contribution in [-0.4, -0.2) is 33.8 Å². The Hall–Kier alpha value is -3.03. The smallest absolute Gasteiger partial charge is 0.358 e. The maximum Gasteiger partial charge on any atom is 0.358 e. The van der Waals surface area contributed by atoms with Crippen LogP contribution in [-0.2, 0) is 9.59 Å². The minimum absolute atomic E-state index is 0.258. The zero-order valence-electron chi connectivity index (χ0n) is 13.6. The molecule has 1 aromatic carbocycles. The molecule has 124 valence electrons. The Labute approximate surface area is 138 Å². The van der Waals surface area contributed by atoms with Crippen molar-refractivity contribution < 1.29 is 19.7 Å². The number of carboxylic acids is 1. The van der Waals surface area contributed by atoms with Crippen LogP contribution in [0, 0.1) is 20.8 Å². The highest BCUT2D eigenvalue weighted by molar-refractivity contribution is 6.05. The van der Waals surface area contributed by atoms with Crippen LogP contribution < -0.4 is 20.7 Å². The Balaban J connectivity index is 1.89. The molecule has 0 saturated carbocycles. The normalized spacial score (nSPS) is 16.9. The molecular weight excluding hydrogens is 310 g/mol. The second kappa shape index (κ2) is 5.88. The molecule has 1 aromatic heterocycles. The second-order valence-corrected chi connectivity index (χ2v) is 5.85. The van der Waals surface area contributed by atoms with Crippen molar-refractivity contribution in [2.75, 3.05) is 5.32 Å². The molecule has 1 amide bonds. The number of hydrogen-bond donors (Lipinski definition) is 3. The molecule has 1 atom stereocenters. The van der Waals surface area contributed by atoms with Crippen molar-refractivity contribution in [3.05, 3.63) is 29.0 Å². The summed E-state index contributed by atoms with van der Waals surface area (Å²) in [5.74, 6) is -1.16. The summed E-state index contributed by atoms with van der Waals surface area (Å²) >= 11 is 0. The van der Waals surface area contributed by atoms with E-state index in [9.17, 15) is 14.7 Å². The van der Waals surface area contributed by atoms with Gasteiger partial charge in [0.05, 0.1) is 11.2 Å². The average molecular weight is 327 g/mol. The van der Waals surface area contributed by atoms with Gasteiger partial charge in [-0.15, -0.1) is 0 Å². The van der Waals surface area contributed by atoms with E-state index in [0.29, 0.717) is 5.95 Å². The zero-order valence-corrected chi connectivity index (χ0v) is 13.6. The van der Waals surface area contributed by atoms with Gasteiger partial charge in [-0.05, 0) is 44.0 Å². The predicted octanol–water partition coefficient (Wildman–Crippen LogP) is -1.96. The van der Waals surface area contributed by atoms with E-state index in [-0.39, 0.29) is 5.96 Å². The fourth-order valence-electron chi connectivity index (χ4n) is 2.57. The number of nitrogens with one attached hydrogen (secondary N) is 3. The number of amides is 1. The zero-order chi connectivity index (χ0) is 17.4. The number of aliphatic carboxylic acids is 1. The van der Waals surface area contributed by atoms with E-state index in [4.69, 9.17) is 0 Å². The molecule has 0 fully saturated rings. The van der Waals surface area contributed by atoms with Crippen LogP contribution in [0.4, 0.5) is 5.95 Å². The molecule has 1 aliphatic heterocycles. The lowest BCUT2D eigenvalue weighted by atomic mass is 10.1. The van der Waals surface area contributed by atoms with Crippen molar-refractivity contribution in [1.29, 1.82) is 0 Å². The lowest BCUT2D eigenvalue weighted by Crippen LogP contribution is -2.79. The van der Waals surface area contributed by atoms with Crippen LogP contribution >= 0.6 is 0 Å². The third-order valence-electron chi connectivity index (χ3n) is 3.99. The van der Waals surface area contributed by atoms with Gasteiger partial charge in [0, 0.05) is 17.8 Å². The topological polar surface area (TPSA) is 121 Å². The Morgan fingerprint density at radius 2 is 2.00 bits per heavy atom. The highest BCUT2D eigenvalue weighted by Crippen LogP contribution is 2.21. The molecule has 3 rings (SSSR count). The van der Waals surface area contributed by atoms with Gasteiger partial charge in [0.2, 0.25) is 0 Å². The lowest BCUT2D eigenvalue weighted by Gasteiger charge is -2.07. The summed E-state index contributed by atoms with van der Waals surface area (Å²) in [5.41, 5.74) is 3.89. The van der Waals surface area contributed by atoms with Gasteiger partial charge in [0.25, 0.3) is 5.95 Å². The molecule has 8 nitrogen and oxygen atoms in total. The van der Waals surface area contributed by atoms with Crippen LogP contribution in [0.2, 0.25) is 0 Å². The summed E-state index contributed by atoms with van der Waals surface area (Å²) in [6, 6.07) is 3.15. The van der Waals surface area contributed by atoms with Gasteiger partial charge in [-0.2, -0.15) is 4.98 Å². The molecule has 2 aromatic rings. The number of hydrogen-bond acceptors (Lipinski definition) is 6. The number of rotatable bonds is 3. The summed E-state index contributed by atoms with van der Waals surface area (Å²) in [7, 11) is 0. The largest absolute Gasteiger partial charge is 0.550 e. The summed E-state index contributed by atoms with van der Waals surface area (Å²) in [5, 5.41) is 17.0. The van der Waals surface area contributed by atoms with Crippen molar-refractivity contribution in [3.8, 4) is 0 Å². The van der Waals surface area contributed by atoms with E-state index in [1.165, 1.54) is 5.56 Å². The van der Waals surface area contributed by atoms with E-state index >= 15 is 0 Å². The third-order valence-corrected chi connectivity index (χ3v) is 3.99. The molecule has 0 bridgehead atoms. The van der Waals surface area contributed by atoms with Gasteiger partial charge < -0.3 is 9.90 Å². The quantitative estimate of drug-likeness (QED) is 0.602. The number of carbonyl (C=O) groups is 2. The van der Waals surface area contributed by atoms with Crippen LogP contribution in [0.25, 0.3) is 10.9 Å². The fraction of sp³-hybridized carbons (Fsp3) is 0.312. The molecule has 24 heavy (non-hydrogen) atoms. The molecule has 0 saturated heterocycles. The van der Waals surface area contributed by atoms with Crippen molar-refractivity contribution in [2.24, 2.45) is 0 Å². The van der Waals surface area contributed by atoms with Crippen LogP contribution in [0.3, 0.4) is 0 Å². The van der Waals surface area contributed by atoms with Crippen molar-refractivity contribution >= 4 is 34.7 Å². The van der Waals surface area contributed by atoms with Crippen LogP contribution in [0.5, 0.6) is 0 Å². The van der Waals surface area contributed by atoms with Crippen LogP contribution in [0.15, 0.2) is 12.1 Å². The number of carboxylic acid groups (broad SMARTS) is 1. The second-order valence-electron chi connectivity index (χ2n) is 5.85. The molecule has 3 N–H and O–H groups in total. The first-order valence-corrected chi connectivity index (χ1v) is 7.50. The summed E-state index contributed by atoms with van der Waals surface area (Å²) in [6.07, 6.45) is -0.410. The molecular formula is C16H17N5O3. The fourth-order valence-corrected chi connectivity index (χ4v) is 2.57. The first-order chi connectivity index (χ1) is 11.3. The number of anilines is 1. The standard InChI is InChI=1S/C16H17N5O3/c1-7-4-10-9(3)17-15(18-11(10)5-8(7)2)21-16-19-12(6-13(22)23)14(24)20-16/h4-5,12H,6H2,1-3H3,(H,22,23)(H2,17,18,19,20,21,24)/t12-/m0/s1. The van der Waals surface area contributed by atoms with E-state index in [2.05, 4.69) is 25.6 Å². The Morgan fingerprint density at radius 3 is 2.71 bits per heavy atom. The SMILES string of the molecule is Cc1cc2nc(NC3=[NH+][C@@H](CC(=O)[O-])C(=O)N3)nc(C)c2cc1C. The first-order valence-electron chi connectivity index (χ1n) is 7.50. The lowest BCUT2D eigenvalue weighted by molar-refractivity contribution is -0.482. The molecule has 0 aliphatic carbocycles. The molecule has 0 spiro atoms. The molecule has 1 aliphatic rings. The van der Waals surface area contributed by atoms with Crippen LogP contribution in [0.1, 0.15) is 23.2 Å². The maximum atomic E-state index is 11.7. The number of benzene rings is 1. The number of carbonyl (C=O) groups excluding carboxylic acids is 2. The number of aromatic nitrogens is 2. The molecule has 8 heteroatoms. The highest BCUT2D eigenvalue weighted by atomic mass is 16.4. The maximum absolute atomic E-state index is 11.7. The van der Waals surface area contributed by atoms with Crippen molar-refractivity contribution in [2.45, 2.75) is 33.2 Å². The minimum Gasteiger partial charge on any atom is -0.550 e. The average Bonchev–Trinajstić information content (AvgIpc) is 2.80. The number of guanidine groups is 1. The number of fused-ring (bicyclic) bond motifs is 1.